The molecule has 0 amide bonds. The van der Waals surface area contributed by atoms with Crippen LogP contribution in [0.4, 0.5) is 0 Å². The number of hydrogen-bond donors (Lipinski definition) is 1. The summed E-state index contributed by atoms with van der Waals surface area (Å²) in [6, 6.07) is 5.20. The quantitative estimate of drug-likeness (QED) is 0.909. The van der Waals surface area contributed by atoms with Crippen LogP contribution in [0.2, 0.25) is 15.1 Å². The third-order valence-electron chi connectivity index (χ3n) is 3.23. The van der Waals surface area contributed by atoms with Gasteiger partial charge in [0.25, 0.3) is 0 Å². The number of aromatic nitrogens is 2. The first-order valence-corrected chi connectivity index (χ1v) is 7.41. The fourth-order valence-corrected chi connectivity index (χ4v) is 2.92. The van der Waals surface area contributed by atoms with Crippen LogP contribution in [0.25, 0.3) is 0 Å². The summed E-state index contributed by atoms with van der Waals surface area (Å²) < 4.78 is 1.70. The Kier molecular flexibility index (Phi) is 4.97. The lowest BCUT2D eigenvalue weighted by Gasteiger charge is -2.14. The maximum atomic E-state index is 10.4. The van der Waals surface area contributed by atoms with Crippen LogP contribution in [-0.2, 0) is 19.9 Å². The van der Waals surface area contributed by atoms with E-state index in [9.17, 15) is 5.11 Å². The molecule has 0 radical (unpaired) electrons. The number of benzene rings is 1. The van der Waals surface area contributed by atoms with Crippen molar-refractivity contribution < 1.29 is 5.11 Å². The minimum absolute atomic E-state index is 0.336. The first kappa shape index (κ1) is 15.6. The number of rotatable bonds is 4. The van der Waals surface area contributed by atoms with Gasteiger partial charge in [-0.25, -0.2) is 0 Å². The van der Waals surface area contributed by atoms with E-state index in [0.717, 1.165) is 17.8 Å². The molecule has 1 atom stereocenters. The Morgan fingerprint density at radius 3 is 2.55 bits per heavy atom. The number of aryl methyl sites for hydroxylation is 2. The number of nitrogens with zero attached hydrogens (tertiary/aromatic N) is 2. The molecule has 1 aromatic carbocycles. The smallest absolute Gasteiger partial charge is 0.0860 e. The Labute approximate surface area is 133 Å². The van der Waals surface area contributed by atoms with E-state index in [2.05, 4.69) is 5.10 Å². The molecular formula is C14H15Cl3N2O. The van der Waals surface area contributed by atoms with Gasteiger partial charge in [-0.1, -0.05) is 53.9 Å². The third-order valence-corrected chi connectivity index (χ3v) is 4.50. The SMILES string of the molecule is CCc1nn(C)c(CC(O)c2cccc(Cl)c2Cl)c1Cl. The number of halogens is 3. The summed E-state index contributed by atoms with van der Waals surface area (Å²) in [5.41, 5.74) is 2.20. The van der Waals surface area contributed by atoms with Crippen molar-refractivity contribution in [3.8, 4) is 0 Å². The Bertz CT molecular complexity index is 625. The molecule has 108 valence electrons. The van der Waals surface area contributed by atoms with Crippen molar-refractivity contribution in [2.45, 2.75) is 25.9 Å². The molecule has 2 rings (SSSR count). The molecule has 0 spiro atoms. The minimum Gasteiger partial charge on any atom is -0.388 e. The van der Waals surface area contributed by atoms with Gasteiger partial charge in [0.05, 0.1) is 32.6 Å². The van der Waals surface area contributed by atoms with Crippen molar-refractivity contribution in [2.75, 3.05) is 0 Å². The van der Waals surface area contributed by atoms with Crippen LogP contribution in [0, 0.1) is 0 Å². The maximum absolute atomic E-state index is 10.4. The molecule has 0 saturated heterocycles. The highest BCUT2D eigenvalue weighted by Gasteiger charge is 2.20. The summed E-state index contributed by atoms with van der Waals surface area (Å²) in [5.74, 6) is 0. The van der Waals surface area contributed by atoms with Crippen molar-refractivity contribution in [3.05, 3.63) is 50.2 Å². The molecule has 0 saturated carbocycles. The third kappa shape index (κ3) is 2.96. The van der Waals surface area contributed by atoms with E-state index in [1.54, 1.807) is 22.9 Å². The van der Waals surface area contributed by atoms with Gasteiger partial charge in [0.2, 0.25) is 0 Å². The highest BCUT2D eigenvalue weighted by Crippen LogP contribution is 2.33. The molecule has 0 aliphatic rings. The Balaban J connectivity index is 2.30. The summed E-state index contributed by atoms with van der Waals surface area (Å²) in [6.07, 6.45) is 0.308. The first-order chi connectivity index (χ1) is 9.45. The summed E-state index contributed by atoms with van der Waals surface area (Å²) in [7, 11) is 1.81. The van der Waals surface area contributed by atoms with Gasteiger partial charge in [-0.3, -0.25) is 4.68 Å². The number of hydrogen-bond acceptors (Lipinski definition) is 2. The van der Waals surface area contributed by atoms with Gasteiger partial charge in [0.1, 0.15) is 0 Å². The van der Waals surface area contributed by atoms with E-state index in [0.29, 0.717) is 27.1 Å². The average Bonchev–Trinajstić information content (AvgIpc) is 2.69. The highest BCUT2D eigenvalue weighted by atomic mass is 35.5. The van der Waals surface area contributed by atoms with E-state index in [-0.39, 0.29) is 0 Å². The van der Waals surface area contributed by atoms with Crippen molar-refractivity contribution in [2.24, 2.45) is 7.05 Å². The fourth-order valence-electron chi connectivity index (χ4n) is 2.11. The predicted octanol–water partition coefficient (Wildman–Crippen LogP) is 4.22. The summed E-state index contributed by atoms with van der Waals surface area (Å²) >= 11 is 18.4. The van der Waals surface area contributed by atoms with Crippen LogP contribution < -0.4 is 0 Å². The van der Waals surface area contributed by atoms with Gasteiger partial charge in [-0.15, -0.1) is 0 Å². The molecule has 0 aliphatic carbocycles. The zero-order chi connectivity index (χ0) is 14.9. The lowest BCUT2D eigenvalue weighted by molar-refractivity contribution is 0.176. The van der Waals surface area contributed by atoms with Gasteiger partial charge in [0, 0.05) is 19.0 Å². The fraction of sp³-hybridized carbons (Fsp3) is 0.357. The molecule has 1 heterocycles. The first-order valence-electron chi connectivity index (χ1n) is 6.27. The minimum atomic E-state index is -0.779. The summed E-state index contributed by atoms with van der Waals surface area (Å²) in [5, 5.41) is 16.1. The molecular weight excluding hydrogens is 319 g/mol. The summed E-state index contributed by atoms with van der Waals surface area (Å²) in [4.78, 5) is 0. The van der Waals surface area contributed by atoms with Gasteiger partial charge < -0.3 is 5.11 Å². The van der Waals surface area contributed by atoms with Gasteiger partial charge in [0.15, 0.2) is 0 Å². The molecule has 6 heteroatoms. The van der Waals surface area contributed by atoms with Gasteiger partial charge in [-0.2, -0.15) is 5.10 Å². The van der Waals surface area contributed by atoms with E-state index in [1.165, 1.54) is 0 Å². The molecule has 1 aromatic heterocycles. The molecule has 2 aromatic rings. The molecule has 1 N–H and O–H groups in total. The standard InChI is InChI=1S/C14H15Cl3N2O/c1-3-10-14(17)11(19(2)18-10)7-12(20)8-5-4-6-9(15)13(8)16/h4-6,12,20H,3,7H2,1-2H3. The van der Waals surface area contributed by atoms with Crippen molar-refractivity contribution in [1.29, 1.82) is 0 Å². The molecule has 1 unspecified atom stereocenters. The van der Waals surface area contributed by atoms with Crippen molar-refractivity contribution in [3.63, 3.8) is 0 Å². The predicted molar refractivity (Wildman–Crippen MR) is 82.7 cm³/mol. The van der Waals surface area contributed by atoms with Crippen LogP contribution in [-0.4, -0.2) is 14.9 Å². The second-order valence-corrected chi connectivity index (χ2v) is 5.71. The molecule has 20 heavy (non-hydrogen) atoms. The normalized spacial score (nSPS) is 12.7. The summed E-state index contributed by atoms with van der Waals surface area (Å²) in [6.45, 7) is 1.99. The second kappa shape index (κ2) is 6.35. The monoisotopic (exact) mass is 332 g/mol. The number of aliphatic hydroxyl groups is 1. The second-order valence-electron chi connectivity index (χ2n) is 4.55. The van der Waals surface area contributed by atoms with Crippen LogP contribution in [0.5, 0.6) is 0 Å². The lowest BCUT2D eigenvalue weighted by atomic mass is 10.0. The molecule has 3 nitrogen and oxygen atoms in total. The Morgan fingerprint density at radius 2 is 1.95 bits per heavy atom. The zero-order valence-corrected chi connectivity index (χ0v) is 13.5. The Morgan fingerprint density at radius 1 is 1.25 bits per heavy atom. The largest absolute Gasteiger partial charge is 0.388 e. The van der Waals surface area contributed by atoms with Crippen LogP contribution in [0.3, 0.4) is 0 Å². The van der Waals surface area contributed by atoms with E-state index < -0.39 is 6.10 Å². The Hall–Kier alpha value is -0.740. The van der Waals surface area contributed by atoms with Gasteiger partial charge >= 0.3 is 0 Å². The topological polar surface area (TPSA) is 38.0 Å². The van der Waals surface area contributed by atoms with Crippen LogP contribution in [0.1, 0.15) is 30.0 Å². The maximum Gasteiger partial charge on any atom is 0.0860 e. The van der Waals surface area contributed by atoms with Crippen molar-refractivity contribution in [1.82, 2.24) is 9.78 Å². The van der Waals surface area contributed by atoms with Crippen LogP contribution >= 0.6 is 34.8 Å². The van der Waals surface area contributed by atoms with Gasteiger partial charge in [-0.05, 0) is 12.5 Å². The highest BCUT2D eigenvalue weighted by molar-refractivity contribution is 6.42. The van der Waals surface area contributed by atoms with E-state index in [4.69, 9.17) is 34.8 Å². The zero-order valence-electron chi connectivity index (χ0n) is 11.2. The van der Waals surface area contributed by atoms with E-state index in [1.807, 2.05) is 14.0 Å². The molecule has 0 aliphatic heterocycles. The lowest BCUT2D eigenvalue weighted by Crippen LogP contribution is -2.07. The number of aliphatic hydroxyl groups excluding tert-OH is 1. The average molecular weight is 334 g/mol. The molecule has 0 bridgehead atoms. The van der Waals surface area contributed by atoms with Crippen molar-refractivity contribution >= 4 is 34.8 Å². The molecule has 0 fully saturated rings. The van der Waals surface area contributed by atoms with Crippen LogP contribution in [0.15, 0.2) is 18.2 Å². The van der Waals surface area contributed by atoms with E-state index >= 15 is 0 Å².